The zero-order valence-electron chi connectivity index (χ0n) is 11.7. The van der Waals surface area contributed by atoms with Gasteiger partial charge in [0.25, 0.3) is 5.91 Å². The summed E-state index contributed by atoms with van der Waals surface area (Å²) < 4.78 is 5.30. The Morgan fingerprint density at radius 3 is 2.40 bits per heavy atom. The van der Waals surface area contributed by atoms with Crippen molar-refractivity contribution in [1.82, 2.24) is 10.6 Å². The van der Waals surface area contributed by atoms with Crippen LogP contribution in [0.3, 0.4) is 0 Å². The van der Waals surface area contributed by atoms with Crippen molar-refractivity contribution in [3.8, 4) is 0 Å². The molecule has 1 aliphatic carbocycles. The van der Waals surface area contributed by atoms with E-state index in [9.17, 15) is 4.79 Å². The van der Waals surface area contributed by atoms with Gasteiger partial charge in [0.15, 0.2) is 0 Å². The summed E-state index contributed by atoms with van der Waals surface area (Å²) in [6, 6.07) is 8.87. The number of rotatable bonds is 5. The molecule has 1 aliphatic heterocycles. The predicted molar refractivity (Wildman–Crippen MR) is 77.6 cm³/mol. The fourth-order valence-corrected chi connectivity index (χ4v) is 2.43. The van der Waals surface area contributed by atoms with Crippen LogP contribution in [0.25, 0.3) is 0 Å². The quantitative estimate of drug-likeness (QED) is 0.861. The summed E-state index contributed by atoms with van der Waals surface area (Å²) in [6.45, 7) is 2.39. The lowest BCUT2D eigenvalue weighted by atomic mass is 10.1. The molecule has 4 heteroatoms. The molecule has 4 nitrogen and oxygen atoms in total. The van der Waals surface area contributed by atoms with Gasteiger partial charge in [0.05, 0.1) is 0 Å². The Balaban J connectivity index is 1.51. The van der Waals surface area contributed by atoms with Crippen molar-refractivity contribution in [3.63, 3.8) is 0 Å². The minimum Gasteiger partial charge on any atom is -0.381 e. The van der Waals surface area contributed by atoms with Crippen LogP contribution < -0.4 is 10.6 Å². The second-order valence-electron chi connectivity index (χ2n) is 5.71. The van der Waals surface area contributed by atoms with Gasteiger partial charge in [-0.3, -0.25) is 4.79 Å². The second kappa shape index (κ2) is 6.37. The molecule has 2 N–H and O–H groups in total. The Labute approximate surface area is 119 Å². The third-order valence-electron chi connectivity index (χ3n) is 3.94. The summed E-state index contributed by atoms with van der Waals surface area (Å²) in [6.07, 6.45) is 4.42. The average Bonchev–Trinajstić information content (AvgIpc) is 3.31. The summed E-state index contributed by atoms with van der Waals surface area (Å²) in [5.74, 6) is 0.0265. The largest absolute Gasteiger partial charge is 0.381 e. The van der Waals surface area contributed by atoms with E-state index < -0.39 is 0 Å². The predicted octanol–water partition coefficient (Wildman–Crippen LogP) is 1.85. The maximum Gasteiger partial charge on any atom is 0.251 e. The number of nitrogens with one attached hydrogen (secondary N) is 2. The third kappa shape index (κ3) is 3.81. The van der Waals surface area contributed by atoms with E-state index in [0.29, 0.717) is 6.04 Å². The van der Waals surface area contributed by atoms with Crippen molar-refractivity contribution in [2.75, 3.05) is 13.2 Å². The Morgan fingerprint density at radius 2 is 1.75 bits per heavy atom. The molecule has 0 aromatic heterocycles. The SMILES string of the molecule is O=C(NC1CCOCC1)c1ccc(CNC2CC2)cc1. The number of hydrogen-bond acceptors (Lipinski definition) is 3. The summed E-state index contributed by atoms with van der Waals surface area (Å²) in [5.41, 5.74) is 1.98. The van der Waals surface area contributed by atoms with Crippen molar-refractivity contribution < 1.29 is 9.53 Å². The Bertz CT molecular complexity index is 448. The number of carbonyl (C=O) groups is 1. The molecule has 0 unspecified atom stereocenters. The third-order valence-corrected chi connectivity index (χ3v) is 3.94. The first-order valence-electron chi connectivity index (χ1n) is 7.52. The van der Waals surface area contributed by atoms with Gasteiger partial charge in [-0.1, -0.05) is 12.1 Å². The lowest BCUT2D eigenvalue weighted by molar-refractivity contribution is 0.0696. The van der Waals surface area contributed by atoms with E-state index in [1.54, 1.807) is 0 Å². The van der Waals surface area contributed by atoms with E-state index in [4.69, 9.17) is 4.74 Å². The minimum absolute atomic E-state index is 0.0265. The maximum atomic E-state index is 12.1. The average molecular weight is 274 g/mol. The Kier molecular flexibility index (Phi) is 4.33. The number of ether oxygens (including phenoxy) is 1. The van der Waals surface area contributed by atoms with Crippen LogP contribution in [0.4, 0.5) is 0 Å². The highest BCUT2D eigenvalue weighted by molar-refractivity contribution is 5.94. The summed E-state index contributed by atoms with van der Waals surface area (Å²) in [4.78, 5) is 12.1. The van der Waals surface area contributed by atoms with Crippen LogP contribution in [0.1, 0.15) is 41.6 Å². The molecule has 1 saturated carbocycles. The highest BCUT2D eigenvalue weighted by atomic mass is 16.5. The lowest BCUT2D eigenvalue weighted by Crippen LogP contribution is -2.38. The van der Waals surface area contributed by atoms with Gasteiger partial charge in [-0.15, -0.1) is 0 Å². The molecule has 0 spiro atoms. The Morgan fingerprint density at radius 1 is 1.05 bits per heavy atom. The first kappa shape index (κ1) is 13.6. The van der Waals surface area contributed by atoms with Crippen molar-refractivity contribution in [1.29, 1.82) is 0 Å². The molecule has 1 aromatic rings. The van der Waals surface area contributed by atoms with Crippen molar-refractivity contribution in [2.45, 2.75) is 44.3 Å². The standard InChI is InChI=1S/C16H22N2O2/c19-16(18-15-7-9-20-10-8-15)13-3-1-12(2-4-13)11-17-14-5-6-14/h1-4,14-15,17H,5-11H2,(H,18,19). The molecule has 1 amide bonds. The first-order valence-corrected chi connectivity index (χ1v) is 7.52. The van der Waals surface area contributed by atoms with Gasteiger partial charge < -0.3 is 15.4 Å². The van der Waals surface area contributed by atoms with Crippen LogP contribution in [-0.2, 0) is 11.3 Å². The number of amides is 1. The number of carbonyl (C=O) groups excluding carboxylic acids is 1. The first-order chi connectivity index (χ1) is 9.81. The molecule has 1 saturated heterocycles. The smallest absolute Gasteiger partial charge is 0.251 e. The Hall–Kier alpha value is -1.39. The monoisotopic (exact) mass is 274 g/mol. The molecule has 0 bridgehead atoms. The van der Waals surface area contributed by atoms with Crippen LogP contribution >= 0.6 is 0 Å². The fourth-order valence-electron chi connectivity index (χ4n) is 2.43. The van der Waals surface area contributed by atoms with Gasteiger partial charge in [0.1, 0.15) is 0 Å². The van der Waals surface area contributed by atoms with E-state index in [-0.39, 0.29) is 11.9 Å². The molecule has 20 heavy (non-hydrogen) atoms. The molecule has 108 valence electrons. The summed E-state index contributed by atoms with van der Waals surface area (Å²) in [5, 5.41) is 6.55. The molecule has 3 rings (SSSR count). The maximum absolute atomic E-state index is 12.1. The van der Waals surface area contributed by atoms with E-state index in [0.717, 1.165) is 38.2 Å². The van der Waals surface area contributed by atoms with Crippen LogP contribution in [0.15, 0.2) is 24.3 Å². The lowest BCUT2D eigenvalue weighted by Gasteiger charge is -2.23. The zero-order valence-corrected chi connectivity index (χ0v) is 11.7. The molecule has 0 radical (unpaired) electrons. The van der Waals surface area contributed by atoms with E-state index in [1.807, 2.05) is 24.3 Å². The fraction of sp³-hybridized carbons (Fsp3) is 0.562. The molecule has 1 aromatic carbocycles. The molecule has 2 fully saturated rings. The van der Waals surface area contributed by atoms with E-state index >= 15 is 0 Å². The number of hydrogen-bond donors (Lipinski definition) is 2. The molecule has 2 aliphatic rings. The van der Waals surface area contributed by atoms with Crippen molar-refractivity contribution in [2.24, 2.45) is 0 Å². The van der Waals surface area contributed by atoms with Crippen LogP contribution in [0.5, 0.6) is 0 Å². The summed E-state index contributed by atoms with van der Waals surface area (Å²) in [7, 11) is 0. The highest BCUT2D eigenvalue weighted by Gasteiger charge is 2.20. The highest BCUT2D eigenvalue weighted by Crippen LogP contribution is 2.19. The van der Waals surface area contributed by atoms with Gasteiger partial charge in [0.2, 0.25) is 0 Å². The van der Waals surface area contributed by atoms with Gasteiger partial charge in [-0.2, -0.15) is 0 Å². The topological polar surface area (TPSA) is 50.4 Å². The summed E-state index contributed by atoms with van der Waals surface area (Å²) >= 11 is 0. The van der Waals surface area contributed by atoms with Gasteiger partial charge in [-0.05, 0) is 43.4 Å². The minimum atomic E-state index is 0.0265. The van der Waals surface area contributed by atoms with E-state index in [2.05, 4.69) is 10.6 Å². The molecule has 1 heterocycles. The van der Waals surface area contributed by atoms with Crippen LogP contribution in [0.2, 0.25) is 0 Å². The molecular weight excluding hydrogens is 252 g/mol. The van der Waals surface area contributed by atoms with Crippen LogP contribution in [0, 0.1) is 0 Å². The van der Waals surface area contributed by atoms with Gasteiger partial charge >= 0.3 is 0 Å². The zero-order chi connectivity index (χ0) is 13.8. The molecule has 0 atom stereocenters. The second-order valence-corrected chi connectivity index (χ2v) is 5.71. The number of benzene rings is 1. The van der Waals surface area contributed by atoms with Gasteiger partial charge in [-0.25, -0.2) is 0 Å². The normalized spacial score (nSPS) is 19.8. The van der Waals surface area contributed by atoms with Crippen LogP contribution in [-0.4, -0.2) is 31.2 Å². The van der Waals surface area contributed by atoms with Crippen molar-refractivity contribution >= 4 is 5.91 Å². The van der Waals surface area contributed by atoms with E-state index in [1.165, 1.54) is 18.4 Å². The van der Waals surface area contributed by atoms with Crippen molar-refractivity contribution in [3.05, 3.63) is 35.4 Å². The van der Waals surface area contributed by atoms with Gasteiger partial charge in [0, 0.05) is 37.4 Å². The molecular formula is C16H22N2O2.